The molecule has 0 saturated carbocycles. The van der Waals surface area contributed by atoms with E-state index < -0.39 is 0 Å². The third-order valence-electron chi connectivity index (χ3n) is 2.65. The fraction of sp³-hybridized carbons (Fsp3) is 1.00. The van der Waals surface area contributed by atoms with E-state index in [-0.39, 0.29) is 0 Å². The van der Waals surface area contributed by atoms with Crippen molar-refractivity contribution in [2.45, 2.75) is 70.1 Å². The van der Waals surface area contributed by atoms with Gasteiger partial charge in [0.2, 0.25) is 0 Å². The van der Waals surface area contributed by atoms with Gasteiger partial charge in [-0.05, 0) is 17.7 Å². The van der Waals surface area contributed by atoms with E-state index in [4.69, 9.17) is 0 Å². The lowest BCUT2D eigenvalue weighted by molar-refractivity contribution is 0.564. The number of hydrogen-bond donors (Lipinski definition) is 0. The van der Waals surface area contributed by atoms with Gasteiger partial charge in [-0.25, -0.2) is 0 Å². The monoisotopic (exact) mass is 220 g/mol. The molecule has 0 aromatic carbocycles. The van der Waals surface area contributed by atoms with E-state index in [0.29, 0.717) is 4.90 Å². The van der Waals surface area contributed by atoms with Crippen molar-refractivity contribution >= 4 is 18.5 Å². The fourth-order valence-electron chi connectivity index (χ4n) is 1.41. The first kappa shape index (κ1) is 13.9. The van der Waals surface area contributed by atoms with Gasteiger partial charge in [0.15, 0.2) is 0 Å². The van der Waals surface area contributed by atoms with Crippen molar-refractivity contribution in [3.8, 4) is 0 Å². The Morgan fingerprint density at radius 2 is 1.38 bits per heavy atom. The molecular formula is C11H26P2. The van der Waals surface area contributed by atoms with Gasteiger partial charge in [-0.15, -0.1) is 18.5 Å². The van der Waals surface area contributed by atoms with Gasteiger partial charge >= 0.3 is 0 Å². The molecule has 2 unspecified atom stereocenters. The summed E-state index contributed by atoms with van der Waals surface area (Å²) >= 11 is 0. The molecule has 0 bridgehead atoms. The van der Waals surface area contributed by atoms with Crippen LogP contribution in [0.25, 0.3) is 0 Å². The smallest absolute Gasteiger partial charge is 0.000962 e. The third-order valence-corrected chi connectivity index (χ3v) is 4.05. The molecule has 0 amide bonds. The normalized spacial score (nSPS) is 12.0. The Balaban J connectivity index is 3.16. The van der Waals surface area contributed by atoms with Crippen LogP contribution >= 0.6 is 18.5 Å². The van der Waals surface area contributed by atoms with E-state index in [9.17, 15) is 0 Å². The zero-order valence-electron chi connectivity index (χ0n) is 9.31. The number of unbranched alkanes of at least 4 members (excludes halogenated alkanes) is 5. The van der Waals surface area contributed by atoms with E-state index in [1.54, 1.807) is 0 Å². The quantitative estimate of drug-likeness (QED) is 0.414. The first-order valence-corrected chi connectivity index (χ1v) is 6.85. The molecule has 0 N–H and O–H groups in total. The largest absolute Gasteiger partial charge is 0.127 e. The van der Waals surface area contributed by atoms with Crippen LogP contribution in [0.1, 0.15) is 65.2 Å². The Morgan fingerprint density at radius 3 is 1.92 bits per heavy atom. The van der Waals surface area contributed by atoms with Gasteiger partial charge in [0.25, 0.3) is 0 Å². The summed E-state index contributed by atoms with van der Waals surface area (Å²) in [7, 11) is 5.92. The van der Waals surface area contributed by atoms with Crippen LogP contribution in [0, 0.1) is 0 Å². The van der Waals surface area contributed by atoms with Crippen molar-refractivity contribution in [2.75, 3.05) is 0 Å². The predicted octanol–water partition coefficient (Wildman–Crippen LogP) is 4.59. The Labute approximate surface area is 89.0 Å². The molecule has 0 aromatic rings. The van der Waals surface area contributed by atoms with Crippen LogP contribution in [0.15, 0.2) is 0 Å². The molecule has 0 radical (unpaired) electrons. The molecule has 0 heterocycles. The lowest BCUT2D eigenvalue weighted by Crippen LogP contribution is -2.08. The van der Waals surface area contributed by atoms with Crippen LogP contribution < -0.4 is 0 Å². The number of hydrogen-bond acceptors (Lipinski definition) is 0. The average Bonchev–Trinajstić information content (AvgIpc) is 2.11. The molecule has 0 aromatic heterocycles. The van der Waals surface area contributed by atoms with E-state index in [1.165, 1.54) is 51.4 Å². The maximum atomic E-state index is 2.96. The molecule has 0 aliphatic rings. The Bertz CT molecular complexity index is 111. The van der Waals surface area contributed by atoms with Gasteiger partial charge in [0, 0.05) is 0 Å². The van der Waals surface area contributed by atoms with Crippen LogP contribution in [-0.2, 0) is 0 Å². The van der Waals surface area contributed by atoms with Gasteiger partial charge in [0.05, 0.1) is 0 Å². The summed E-state index contributed by atoms with van der Waals surface area (Å²) < 4.78 is 0. The van der Waals surface area contributed by atoms with Crippen molar-refractivity contribution < 1.29 is 0 Å². The molecule has 0 nitrogen and oxygen atoms in total. The topological polar surface area (TPSA) is 0 Å². The van der Waals surface area contributed by atoms with Gasteiger partial charge in [-0.1, -0.05) is 52.4 Å². The van der Waals surface area contributed by atoms with Crippen LogP contribution in [-0.4, -0.2) is 4.90 Å². The first-order chi connectivity index (χ1) is 6.12. The molecule has 2 atom stereocenters. The highest BCUT2D eigenvalue weighted by Crippen LogP contribution is 2.35. The highest BCUT2D eigenvalue weighted by atomic mass is 31.1. The van der Waals surface area contributed by atoms with E-state index in [0.717, 1.165) is 0 Å². The van der Waals surface area contributed by atoms with Crippen LogP contribution in [0.5, 0.6) is 0 Å². The van der Waals surface area contributed by atoms with Crippen molar-refractivity contribution in [1.82, 2.24) is 0 Å². The van der Waals surface area contributed by atoms with Gasteiger partial charge in [0.1, 0.15) is 0 Å². The molecule has 0 aliphatic heterocycles. The Hall–Kier alpha value is 0.860. The van der Waals surface area contributed by atoms with Crippen molar-refractivity contribution in [3.05, 3.63) is 0 Å². The molecule has 0 aliphatic carbocycles. The molecule has 0 rings (SSSR count). The predicted molar refractivity (Wildman–Crippen MR) is 70.4 cm³/mol. The maximum Gasteiger partial charge on any atom is -0.000962 e. The summed E-state index contributed by atoms with van der Waals surface area (Å²) in [6.45, 7) is 4.53. The molecule has 0 fully saturated rings. The Kier molecular flexibility index (Phi) is 8.73. The molecule has 2 heteroatoms. The zero-order valence-corrected chi connectivity index (χ0v) is 11.6. The lowest BCUT2D eigenvalue weighted by Gasteiger charge is -2.21. The second kappa shape index (κ2) is 8.19. The summed E-state index contributed by atoms with van der Waals surface area (Å²) in [5, 5.41) is 0. The zero-order chi connectivity index (χ0) is 10.2. The SMILES string of the molecule is CCCCCCCCC(P)(P)CC. The highest BCUT2D eigenvalue weighted by molar-refractivity contribution is 7.39. The van der Waals surface area contributed by atoms with Crippen LogP contribution in [0.4, 0.5) is 0 Å². The molecular weight excluding hydrogens is 194 g/mol. The van der Waals surface area contributed by atoms with Crippen LogP contribution in [0.3, 0.4) is 0 Å². The Morgan fingerprint density at radius 1 is 0.846 bits per heavy atom. The van der Waals surface area contributed by atoms with Crippen molar-refractivity contribution in [1.29, 1.82) is 0 Å². The van der Waals surface area contributed by atoms with E-state index >= 15 is 0 Å². The molecule has 80 valence electrons. The lowest BCUT2D eigenvalue weighted by atomic mass is 10.1. The maximum absolute atomic E-state index is 2.96. The fourth-order valence-corrected chi connectivity index (χ4v) is 1.82. The minimum absolute atomic E-state index is 0.421. The summed E-state index contributed by atoms with van der Waals surface area (Å²) in [6.07, 6.45) is 11.0. The van der Waals surface area contributed by atoms with Gasteiger partial charge in [-0.3, -0.25) is 0 Å². The second-order valence-corrected chi connectivity index (χ2v) is 7.07. The average molecular weight is 220 g/mol. The first-order valence-electron chi connectivity index (χ1n) is 5.70. The van der Waals surface area contributed by atoms with Gasteiger partial charge in [-0.2, -0.15) is 0 Å². The third kappa shape index (κ3) is 9.17. The van der Waals surface area contributed by atoms with Crippen LogP contribution in [0.2, 0.25) is 0 Å². The number of rotatable bonds is 8. The van der Waals surface area contributed by atoms with Crippen molar-refractivity contribution in [2.24, 2.45) is 0 Å². The summed E-state index contributed by atoms with van der Waals surface area (Å²) in [6, 6.07) is 0. The summed E-state index contributed by atoms with van der Waals surface area (Å²) in [5.74, 6) is 0. The molecule has 0 saturated heterocycles. The van der Waals surface area contributed by atoms with Gasteiger partial charge < -0.3 is 0 Å². The van der Waals surface area contributed by atoms with Crippen molar-refractivity contribution in [3.63, 3.8) is 0 Å². The standard InChI is InChI=1S/C11H26P2/c1-3-5-6-7-8-9-10-11(12,13)4-2/h3-10,12-13H2,1-2H3. The van der Waals surface area contributed by atoms with E-state index in [1.807, 2.05) is 0 Å². The molecule has 0 spiro atoms. The minimum Gasteiger partial charge on any atom is -0.127 e. The molecule has 13 heavy (non-hydrogen) atoms. The minimum atomic E-state index is 0.421. The second-order valence-electron chi connectivity index (χ2n) is 4.10. The summed E-state index contributed by atoms with van der Waals surface area (Å²) in [5.41, 5.74) is 0. The van der Waals surface area contributed by atoms with E-state index in [2.05, 4.69) is 32.3 Å². The highest BCUT2D eigenvalue weighted by Gasteiger charge is 2.13. The summed E-state index contributed by atoms with van der Waals surface area (Å²) in [4.78, 5) is 0.421.